The van der Waals surface area contributed by atoms with Crippen LogP contribution in [0.25, 0.3) is 0 Å². The molecule has 0 radical (unpaired) electrons. The molecule has 0 atom stereocenters. The lowest BCUT2D eigenvalue weighted by atomic mass is 10.1. The molecule has 2 aromatic carbocycles. The number of ether oxygens (including phenoxy) is 1. The number of methoxy groups -OCH3 is 1. The van der Waals surface area contributed by atoms with Gasteiger partial charge in [0, 0.05) is 30.7 Å². The number of halogens is 1. The van der Waals surface area contributed by atoms with Crippen molar-refractivity contribution in [2.75, 3.05) is 17.3 Å². The molecule has 0 spiro atoms. The van der Waals surface area contributed by atoms with Crippen LogP contribution in [0.2, 0.25) is 5.02 Å². The number of thiocarbonyl (C=S) groups is 1. The van der Waals surface area contributed by atoms with Gasteiger partial charge >= 0.3 is 0 Å². The molecule has 1 aliphatic heterocycles. The van der Waals surface area contributed by atoms with Gasteiger partial charge in [0.1, 0.15) is 5.82 Å². The zero-order valence-corrected chi connectivity index (χ0v) is 17.4. The second-order valence-electron chi connectivity index (χ2n) is 6.65. The molecule has 3 aromatic rings. The van der Waals surface area contributed by atoms with Crippen molar-refractivity contribution in [3.63, 3.8) is 0 Å². The molecule has 0 aliphatic carbocycles. The summed E-state index contributed by atoms with van der Waals surface area (Å²) in [4.78, 5) is 11.2. The Hall–Kier alpha value is -2.90. The van der Waals surface area contributed by atoms with Crippen LogP contribution in [-0.4, -0.2) is 22.2 Å². The lowest BCUT2D eigenvalue weighted by Gasteiger charge is -2.18. The van der Waals surface area contributed by atoms with Gasteiger partial charge in [-0.2, -0.15) is 9.97 Å². The summed E-state index contributed by atoms with van der Waals surface area (Å²) in [6.07, 6.45) is 0. The van der Waals surface area contributed by atoms with E-state index in [0.717, 1.165) is 24.5 Å². The van der Waals surface area contributed by atoms with Crippen molar-refractivity contribution in [2.24, 2.45) is 0 Å². The Kier molecular flexibility index (Phi) is 5.78. The molecule has 1 aliphatic rings. The molecule has 1 aromatic heterocycles. The SMILES string of the molecule is COc1cc(N2Cc3ccccc3C2)nc(NC(=S)NCc2ccc(Cl)cc2)n1. The summed E-state index contributed by atoms with van der Waals surface area (Å²) >= 11 is 11.3. The maximum Gasteiger partial charge on any atom is 0.234 e. The first-order valence-corrected chi connectivity index (χ1v) is 9.93. The highest BCUT2D eigenvalue weighted by Gasteiger charge is 2.21. The summed E-state index contributed by atoms with van der Waals surface area (Å²) in [5.74, 6) is 1.66. The fraction of sp³-hybridized carbons (Fsp3) is 0.190. The largest absolute Gasteiger partial charge is 0.481 e. The number of hydrogen-bond acceptors (Lipinski definition) is 5. The van der Waals surface area contributed by atoms with E-state index in [-0.39, 0.29) is 0 Å². The minimum absolute atomic E-state index is 0.393. The van der Waals surface area contributed by atoms with Crippen LogP contribution in [0, 0.1) is 0 Å². The van der Waals surface area contributed by atoms with Gasteiger partial charge in [0.25, 0.3) is 0 Å². The quantitative estimate of drug-likeness (QED) is 0.595. The van der Waals surface area contributed by atoms with Gasteiger partial charge in [-0.15, -0.1) is 0 Å². The third-order valence-electron chi connectivity index (χ3n) is 4.65. The number of aromatic nitrogens is 2. The van der Waals surface area contributed by atoms with E-state index in [9.17, 15) is 0 Å². The Bertz CT molecular complexity index is 1000. The third-order valence-corrected chi connectivity index (χ3v) is 5.15. The minimum atomic E-state index is 0.393. The van der Waals surface area contributed by atoms with Crippen LogP contribution in [-0.2, 0) is 19.6 Å². The normalized spacial score (nSPS) is 12.4. The summed E-state index contributed by atoms with van der Waals surface area (Å²) in [5, 5.41) is 7.34. The van der Waals surface area contributed by atoms with Gasteiger partial charge in [0.2, 0.25) is 11.8 Å². The predicted molar refractivity (Wildman–Crippen MR) is 119 cm³/mol. The molecule has 0 bridgehead atoms. The van der Waals surface area contributed by atoms with Crippen molar-refractivity contribution in [2.45, 2.75) is 19.6 Å². The number of fused-ring (bicyclic) bond motifs is 1. The summed E-state index contributed by atoms with van der Waals surface area (Å²) in [5.41, 5.74) is 3.68. The molecule has 0 unspecified atom stereocenters. The summed E-state index contributed by atoms with van der Waals surface area (Å²) < 4.78 is 5.36. The van der Waals surface area contributed by atoms with Gasteiger partial charge in [-0.1, -0.05) is 48.0 Å². The van der Waals surface area contributed by atoms with E-state index in [1.165, 1.54) is 11.1 Å². The highest BCUT2D eigenvalue weighted by Crippen LogP contribution is 2.29. The highest BCUT2D eigenvalue weighted by molar-refractivity contribution is 7.80. The lowest BCUT2D eigenvalue weighted by Crippen LogP contribution is -2.29. The number of hydrogen-bond donors (Lipinski definition) is 2. The van der Waals surface area contributed by atoms with Crippen molar-refractivity contribution in [1.29, 1.82) is 0 Å². The molecule has 0 fully saturated rings. The van der Waals surface area contributed by atoms with Crippen LogP contribution >= 0.6 is 23.8 Å². The van der Waals surface area contributed by atoms with E-state index in [0.29, 0.717) is 28.5 Å². The first kappa shape index (κ1) is 19.4. The number of benzene rings is 2. The van der Waals surface area contributed by atoms with Crippen LogP contribution in [0.15, 0.2) is 54.6 Å². The molecule has 2 heterocycles. The number of anilines is 2. The lowest BCUT2D eigenvalue weighted by molar-refractivity contribution is 0.397. The zero-order valence-electron chi connectivity index (χ0n) is 15.9. The topological polar surface area (TPSA) is 62.3 Å². The van der Waals surface area contributed by atoms with Gasteiger partial charge in [0.05, 0.1) is 7.11 Å². The molecule has 8 heteroatoms. The average Bonchev–Trinajstić information content (AvgIpc) is 3.17. The van der Waals surface area contributed by atoms with Crippen LogP contribution in [0.4, 0.5) is 11.8 Å². The monoisotopic (exact) mass is 425 g/mol. The smallest absolute Gasteiger partial charge is 0.234 e. The summed E-state index contributed by atoms with van der Waals surface area (Å²) in [7, 11) is 1.59. The molecule has 0 saturated carbocycles. The number of nitrogens with zero attached hydrogens (tertiary/aromatic N) is 3. The minimum Gasteiger partial charge on any atom is -0.481 e. The predicted octanol–water partition coefficient (Wildman–Crippen LogP) is 4.15. The maximum atomic E-state index is 5.92. The fourth-order valence-corrected chi connectivity index (χ4v) is 3.45. The zero-order chi connectivity index (χ0) is 20.2. The third kappa shape index (κ3) is 4.75. The van der Waals surface area contributed by atoms with Crippen LogP contribution in [0.5, 0.6) is 5.88 Å². The molecule has 0 saturated heterocycles. The average molecular weight is 426 g/mol. The Morgan fingerprint density at radius 3 is 2.45 bits per heavy atom. The number of rotatable bonds is 5. The summed E-state index contributed by atoms with van der Waals surface area (Å²) in [6.45, 7) is 2.17. The fourth-order valence-electron chi connectivity index (χ4n) is 3.16. The molecular formula is C21H20ClN5OS. The van der Waals surface area contributed by atoms with Crippen LogP contribution in [0.3, 0.4) is 0 Å². The van der Waals surface area contributed by atoms with Crippen molar-refractivity contribution in [3.8, 4) is 5.88 Å². The van der Waals surface area contributed by atoms with E-state index >= 15 is 0 Å². The Balaban J connectivity index is 1.44. The molecule has 2 N–H and O–H groups in total. The van der Waals surface area contributed by atoms with E-state index in [4.69, 9.17) is 28.6 Å². The van der Waals surface area contributed by atoms with E-state index < -0.39 is 0 Å². The van der Waals surface area contributed by atoms with E-state index in [2.05, 4.69) is 49.8 Å². The second kappa shape index (κ2) is 8.63. The van der Waals surface area contributed by atoms with Gasteiger partial charge in [0.15, 0.2) is 5.11 Å². The molecule has 4 rings (SSSR count). The van der Waals surface area contributed by atoms with Crippen molar-refractivity contribution < 1.29 is 4.74 Å². The standard InChI is InChI=1S/C21H20ClN5OS/c1-28-19-10-18(27-12-15-4-2-3-5-16(15)13-27)24-20(25-19)26-21(29)23-11-14-6-8-17(22)9-7-14/h2-10H,11-13H2,1H3,(H2,23,24,25,26,29). The van der Waals surface area contributed by atoms with Crippen molar-refractivity contribution in [3.05, 3.63) is 76.3 Å². The Morgan fingerprint density at radius 2 is 1.79 bits per heavy atom. The van der Waals surface area contributed by atoms with Crippen LogP contribution in [0.1, 0.15) is 16.7 Å². The maximum absolute atomic E-state index is 5.92. The first-order chi connectivity index (χ1) is 14.1. The summed E-state index contributed by atoms with van der Waals surface area (Å²) in [6, 6.07) is 17.8. The van der Waals surface area contributed by atoms with Crippen molar-refractivity contribution >= 4 is 40.7 Å². The van der Waals surface area contributed by atoms with Gasteiger partial charge < -0.3 is 20.3 Å². The second-order valence-corrected chi connectivity index (χ2v) is 7.50. The molecule has 148 valence electrons. The van der Waals surface area contributed by atoms with Crippen molar-refractivity contribution in [1.82, 2.24) is 15.3 Å². The van der Waals surface area contributed by atoms with Gasteiger partial charge in [-0.05, 0) is 41.0 Å². The van der Waals surface area contributed by atoms with E-state index in [1.807, 2.05) is 30.3 Å². The Labute approximate surface area is 179 Å². The first-order valence-electron chi connectivity index (χ1n) is 9.15. The van der Waals surface area contributed by atoms with E-state index in [1.54, 1.807) is 7.11 Å². The molecule has 6 nitrogen and oxygen atoms in total. The Morgan fingerprint density at radius 1 is 1.10 bits per heavy atom. The molecular weight excluding hydrogens is 406 g/mol. The molecule has 0 amide bonds. The highest BCUT2D eigenvalue weighted by atomic mass is 35.5. The molecule has 29 heavy (non-hydrogen) atoms. The number of nitrogens with one attached hydrogen (secondary N) is 2. The van der Waals surface area contributed by atoms with Crippen LogP contribution < -0.4 is 20.3 Å². The van der Waals surface area contributed by atoms with Gasteiger partial charge in [-0.25, -0.2) is 0 Å². The van der Waals surface area contributed by atoms with Gasteiger partial charge in [-0.3, -0.25) is 0 Å².